The number of nitrogens with zero attached hydrogens (tertiary/aromatic N) is 1. The topological polar surface area (TPSA) is 88.0 Å². The first-order chi connectivity index (χ1) is 8.65. The molecule has 0 bridgehead atoms. The minimum Gasteiger partial charge on any atom is -0.360 e. The van der Waals surface area contributed by atoms with Gasteiger partial charge >= 0.3 is 0 Å². The third-order valence-corrected chi connectivity index (χ3v) is 2.53. The predicted octanol–water partition coefficient (Wildman–Crippen LogP) is 1.99. The van der Waals surface area contributed by atoms with E-state index in [9.17, 15) is 14.9 Å². The fraction of sp³-hybridized carbons (Fsp3) is 0.0833. The van der Waals surface area contributed by atoms with Crippen molar-refractivity contribution < 1.29 is 9.72 Å². The van der Waals surface area contributed by atoms with Crippen molar-refractivity contribution in [2.45, 2.75) is 0 Å². The van der Waals surface area contributed by atoms with Crippen molar-refractivity contribution in [3.63, 3.8) is 0 Å². The first-order valence-electron chi connectivity index (χ1n) is 5.28. The first-order valence-corrected chi connectivity index (χ1v) is 5.28. The molecular weight excluding hydrogens is 234 g/mol. The zero-order valence-corrected chi connectivity index (χ0v) is 9.47. The van der Waals surface area contributed by atoms with E-state index >= 15 is 0 Å². The fourth-order valence-electron chi connectivity index (χ4n) is 1.76. The predicted molar refractivity (Wildman–Crippen MR) is 67.5 cm³/mol. The number of H-pyrrole nitrogens is 1. The Hall–Kier alpha value is -2.63. The molecule has 18 heavy (non-hydrogen) atoms. The standard InChI is InChI=1S/C12H11N3O3/c1-2-6-13-12(16)8-7-14-9-4-3-5-10(11(8)9)15(17)18/h2-5,7,14H,1,6H2,(H,13,16). The van der Waals surface area contributed by atoms with Crippen LogP contribution in [-0.2, 0) is 0 Å². The first kappa shape index (κ1) is 11.8. The molecule has 2 aromatic rings. The van der Waals surface area contributed by atoms with Crippen LogP contribution in [0, 0.1) is 10.1 Å². The number of aromatic nitrogens is 1. The van der Waals surface area contributed by atoms with Gasteiger partial charge < -0.3 is 10.3 Å². The molecule has 0 fully saturated rings. The maximum atomic E-state index is 11.9. The Morgan fingerprint density at radius 1 is 1.56 bits per heavy atom. The Morgan fingerprint density at radius 2 is 2.33 bits per heavy atom. The van der Waals surface area contributed by atoms with Crippen LogP contribution in [0.5, 0.6) is 0 Å². The van der Waals surface area contributed by atoms with E-state index in [1.54, 1.807) is 18.2 Å². The van der Waals surface area contributed by atoms with E-state index in [0.29, 0.717) is 17.4 Å². The normalized spacial score (nSPS) is 10.2. The van der Waals surface area contributed by atoms with E-state index in [-0.39, 0.29) is 17.2 Å². The van der Waals surface area contributed by atoms with Crippen LogP contribution in [-0.4, -0.2) is 22.4 Å². The zero-order chi connectivity index (χ0) is 13.1. The van der Waals surface area contributed by atoms with Crippen molar-refractivity contribution in [2.24, 2.45) is 0 Å². The number of benzene rings is 1. The smallest absolute Gasteiger partial charge is 0.279 e. The second-order valence-corrected chi connectivity index (χ2v) is 3.66. The summed E-state index contributed by atoms with van der Waals surface area (Å²) in [5, 5.41) is 13.9. The van der Waals surface area contributed by atoms with Crippen molar-refractivity contribution >= 4 is 22.5 Å². The van der Waals surface area contributed by atoms with Crippen LogP contribution >= 0.6 is 0 Å². The molecule has 1 aromatic heterocycles. The van der Waals surface area contributed by atoms with Gasteiger partial charge in [-0.25, -0.2) is 0 Å². The van der Waals surface area contributed by atoms with Gasteiger partial charge in [0.1, 0.15) is 0 Å². The molecule has 0 radical (unpaired) electrons. The monoisotopic (exact) mass is 245 g/mol. The zero-order valence-electron chi connectivity index (χ0n) is 9.47. The summed E-state index contributed by atoms with van der Waals surface area (Å²) in [5.41, 5.74) is 0.740. The lowest BCUT2D eigenvalue weighted by Crippen LogP contribution is -2.22. The van der Waals surface area contributed by atoms with E-state index in [4.69, 9.17) is 0 Å². The van der Waals surface area contributed by atoms with Crippen LogP contribution < -0.4 is 5.32 Å². The highest BCUT2D eigenvalue weighted by molar-refractivity contribution is 6.10. The highest BCUT2D eigenvalue weighted by atomic mass is 16.6. The Labute approximate surface area is 102 Å². The number of nitro benzene ring substituents is 1. The summed E-state index contributed by atoms with van der Waals surface area (Å²) in [4.78, 5) is 25.1. The molecular formula is C12H11N3O3. The summed E-state index contributed by atoms with van der Waals surface area (Å²) < 4.78 is 0. The van der Waals surface area contributed by atoms with Gasteiger partial charge in [0.2, 0.25) is 0 Å². The molecule has 6 nitrogen and oxygen atoms in total. The number of rotatable bonds is 4. The number of carbonyl (C=O) groups is 1. The highest BCUT2D eigenvalue weighted by Crippen LogP contribution is 2.28. The van der Waals surface area contributed by atoms with E-state index in [1.165, 1.54) is 12.3 Å². The number of hydrogen-bond donors (Lipinski definition) is 2. The molecule has 0 unspecified atom stereocenters. The Kier molecular flexibility index (Phi) is 3.09. The summed E-state index contributed by atoms with van der Waals surface area (Å²) in [7, 11) is 0. The molecule has 1 aromatic carbocycles. The van der Waals surface area contributed by atoms with Crippen LogP contribution in [0.4, 0.5) is 5.69 Å². The maximum absolute atomic E-state index is 11.9. The number of non-ortho nitro benzene ring substituents is 1. The van der Waals surface area contributed by atoms with Gasteiger partial charge in [-0.3, -0.25) is 14.9 Å². The third kappa shape index (κ3) is 1.95. The molecule has 0 atom stereocenters. The molecule has 0 saturated carbocycles. The summed E-state index contributed by atoms with van der Waals surface area (Å²) in [6.45, 7) is 3.80. The number of nitrogens with one attached hydrogen (secondary N) is 2. The van der Waals surface area contributed by atoms with E-state index in [2.05, 4.69) is 16.9 Å². The van der Waals surface area contributed by atoms with Crippen molar-refractivity contribution in [3.05, 3.63) is 52.7 Å². The summed E-state index contributed by atoms with van der Waals surface area (Å²) >= 11 is 0. The molecule has 0 aliphatic carbocycles. The Balaban J connectivity index is 2.55. The summed E-state index contributed by atoms with van der Waals surface area (Å²) in [6, 6.07) is 4.63. The van der Waals surface area contributed by atoms with Crippen molar-refractivity contribution in [3.8, 4) is 0 Å². The largest absolute Gasteiger partial charge is 0.360 e. The minimum absolute atomic E-state index is 0.0856. The number of hydrogen-bond acceptors (Lipinski definition) is 3. The molecule has 0 saturated heterocycles. The van der Waals surface area contributed by atoms with Gasteiger partial charge in [-0.2, -0.15) is 0 Å². The Morgan fingerprint density at radius 3 is 3.00 bits per heavy atom. The van der Waals surface area contributed by atoms with Crippen molar-refractivity contribution in [2.75, 3.05) is 6.54 Å². The van der Waals surface area contributed by atoms with Crippen LogP contribution in [0.25, 0.3) is 10.9 Å². The lowest BCUT2D eigenvalue weighted by Gasteiger charge is -2.01. The van der Waals surface area contributed by atoms with Gasteiger partial charge in [0.05, 0.1) is 21.4 Å². The van der Waals surface area contributed by atoms with Gasteiger partial charge in [0.15, 0.2) is 0 Å². The second-order valence-electron chi connectivity index (χ2n) is 3.66. The van der Waals surface area contributed by atoms with Gasteiger partial charge in [0, 0.05) is 18.8 Å². The molecule has 0 aliphatic heterocycles. The quantitative estimate of drug-likeness (QED) is 0.490. The third-order valence-electron chi connectivity index (χ3n) is 2.53. The fourth-order valence-corrected chi connectivity index (χ4v) is 1.76. The van der Waals surface area contributed by atoms with Gasteiger partial charge in [-0.15, -0.1) is 6.58 Å². The van der Waals surface area contributed by atoms with Crippen LogP contribution in [0.2, 0.25) is 0 Å². The second kappa shape index (κ2) is 4.70. The van der Waals surface area contributed by atoms with Crippen LogP contribution in [0.15, 0.2) is 37.1 Å². The average Bonchev–Trinajstić information content (AvgIpc) is 2.79. The van der Waals surface area contributed by atoms with Gasteiger partial charge in [0.25, 0.3) is 11.6 Å². The molecule has 2 N–H and O–H groups in total. The molecule has 2 rings (SSSR count). The van der Waals surface area contributed by atoms with E-state index < -0.39 is 4.92 Å². The molecule has 92 valence electrons. The average molecular weight is 245 g/mol. The van der Waals surface area contributed by atoms with Crippen molar-refractivity contribution in [1.82, 2.24) is 10.3 Å². The SMILES string of the molecule is C=CCNC(=O)c1c[nH]c2cccc([N+](=O)[O-])c12. The number of carbonyl (C=O) groups excluding carboxylic acids is 1. The minimum atomic E-state index is -0.500. The number of fused-ring (bicyclic) bond motifs is 1. The molecule has 0 spiro atoms. The maximum Gasteiger partial charge on any atom is 0.279 e. The van der Waals surface area contributed by atoms with Gasteiger partial charge in [-0.05, 0) is 6.07 Å². The van der Waals surface area contributed by atoms with E-state index in [1.807, 2.05) is 0 Å². The van der Waals surface area contributed by atoms with Crippen molar-refractivity contribution in [1.29, 1.82) is 0 Å². The van der Waals surface area contributed by atoms with Crippen LogP contribution in [0.1, 0.15) is 10.4 Å². The lowest BCUT2D eigenvalue weighted by molar-refractivity contribution is -0.383. The number of amides is 1. The summed E-state index contributed by atoms with van der Waals surface area (Å²) in [5.74, 6) is -0.365. The number of aromatic amines is 1. The van der Waals surface area contributed by atoms with Crippen LogP contribution in [0.3, 0.4) is 0 Å². The molecule has 6 heteroatoms. The molecule has 1 amide bonds. The molecule has 0 aliphatic rings. The van der Waals surface area contributed by atoms with E-state index in [0.717, 1.165) is 0 Å². The van der Waals surface area contributed by atoms with Gasteiger partial charge in [-0.1, -0.05) is 12.1 Å². The Bertz CT molecular complexity index is 631. The summed E-state index contributed by atoms with van der Waals surface area (Å²) in [6.07, 6.45) is 3.01. The number of nitro groups is 1. The highest BCUT2D eigenvalue weighted by Gasteiger charge is 2.20. The molecule has 1 heterocycles. The lowest BCUT2D eigenvalue weighted by atomic mass is 10.1.